The lowest BCUT2D eigenvalue weighted by molar-refractivity contribution is -0.137. The third kappa shape index (κ3) is 2.29. The van der Waals surface area contributed by atoms with Crippen molar-refractivity contribution in [2.75, 3.05) is 5.32 Å². The Kier molecular flexibility index (Phi) is 2.97. The lowest BCUT2D eigenvalue weighted by Gasteiger charge is -2.10. The third-order valence-corrected chi connectivity index (χ3v) is 2.38. The van der Waals surface area contributed by atoms with E-state index in [0.717, 1.165) is 4.52 Å². The highest BCUT2D eigenvalue weighted by Crippen LogP contribution is 2.05. The molecule has 2 rings (SSSR count). The van der Waals surface area contributed by atoms with Crippen LogP contribution in [0.1, 0.15) is 12.6 Å². The minimum absolute atomic E-state index is 0.302. The first-order valence-electron chi connectivity index (χ1n) is 5.34. The highest BCUT2D eigenvalue weighted by molar-refractivity contribution is 5.76. The van der Waals surface area contributed by atoms with Crippen LogP contribution in [0.2, 0.25) is 0 Å². The fourth-order valence-electron chi connectivity index (χ4n) is 1.48. The van der Waals surface area contributed by atoms with E-state index in [1.807, 2.05) is 0 Å². The van der Waals surface area contributed by atoms with Gasteiger partial charge in [0.05, 0.1) is 0 Å². The van der Waals surface area contributed by atoms with Crippen molar-refractivity contribution in [1.82, 2.24) is 14.6 Å². The normalized spacial score (nSPS) is 12.3. The van der Waals surface area contributed by atoms with Crippen molar-refractivity contribution in [2.24, 2.45) is 0 Å². The van der Waals surface area contributed by atoms with Gasteiger partial charge in [0.1, 0.15) is 11.9 Å². The Morgan fingerprint density at radius 1 is 1.50 bits per heavy atom. The number of carbonyl (C=O) groups is 1. The zero-order valence-corrected chi connectivity index (χ0v) is 9.91. The van der Waals surface area contributed by atoms with Gasteiger partial charge in [-0.25, -0.2) is 4.98 Å². The summed E-state index contributed by atoms with van der Waals surface area (Å²) in [5, 5.41) is 15.5. The molecule has 0 aliphatic heterocycles. The first-order valence-corrected chi connectivity index (χ1v) is 5.34. The molecule has 0 spiro atoms. The van der Waals surface area contributed by atoms with Crippen molar-refractivity contribution < 1.29 is 9.90 Å². The van der Waals surface area contributed by atoms with Gasteiger partial charge in [-0.1, -0.05) is 0 Å². The van der Waals surface area contributed by atoms with Crippen LogP contribution in [0.5, 0.6) is 0 Å². The number of aliphatic carboxylic acids is 1. The van der Waals surface area contributed by atoms with Gasteiger partial charge in [-0.3, -0.25) is 9.59 Å². The molecule has 1 atom stereocenters. The molecule has 18 heavy (non-hydrogen) atoms. The summed E-state index contributed by atoms with van der Waals surface area (Å²) in [7, 11) is 0. The van der Waals surface area contributed by atoms with Crippen molar-refractivity contribution in [2.45, 2.75) is 19.9 Å². The number of rotatable bonds is 3. The van der Waals surface area contributed by atoms with E-state index in [1.54, 1.807) is 19.1 Å². The lowest BCUT2D eigenvalue weighted by atomic mass is 10.3. The number of nitrogens with zero attached hydrogens (tertiary/aromatic N) is 3. The second-order valence-corrected chi connectivity index (χ2v) is 3.93. The van der Waals surface area contributed by atoms with Crippen molar-refractivity contribution in [3.63, 3.8) is 0 Å². The maximum absolute atomic E-state index is 11.7. The molecule has 0 fully saturated rings. The standard InChI is InChI=1S/C11H12N4O3/c1-6-5-10(16)15-9(12-6)4-3-8(14-15)13-7(2)11(17)18/h3-5,7H,1-2H3,(H,13,14)(H,17,18). The molecule has 0 amide bonds. The summed E-state index contributed by atoms with van der Waals surface area (Å²) >= 11 is 0. The first-order chi connectivity index (χ1) is 8.47. The summed E-state index contributed by atoms with van der Waals surface area (Å²) in [4.78, 5) is 26.5. The Morgan fingerprint density at radius 2 is 2.22 bits per heavy atom. The minimum atomic E-state index is -0.994. The average Bonchev–Trinajstić information content (AvgIpc) is 2.29. The molecule has 2 aromatic rings. The molecule has 7 heteroatoms. The van der Waals surface area contributed by atoms with Crippen LogP contribution < -0.4 is 10.9 Å². The molecule has 0 saturated heterocycles. The number of nitrogens with one attached hydrogen (secondary N) is 1. The van der Waals surface area contributed by atoms with Gasteiger partial charge in [0, 0.05) is 11.8 Å². The van der Waals surface area contributed by atoms with Gasteiger partial charge in [-0.15, -0.1) is 5.10 Å². The van der Waals surface area contributed by atoms with Gasteiger partial charge >= 0.3 is 5.97 Å². The van der Waals surface area contributed by atoms with Gasteiger partial charge in [0.2, 0.25) is 0 Å². The van der Waals surface area contributed by atoms with Crippen LogP contribution in [0.15, 0.2) is 23.0 Å². The Labute approximate surface area is 102 Å². The van der Waals surface area contributed by atoms with Gasteiger partial charge in [0.15, 0.2) is 5.65 Å². The van der Waals surface area contributed by atoms with Crippen molar-refractivity contribution >= 4 is 17.4 Å². The van der Waals surface area contributed by atoms with Crippen molar-refractivity contribution in [1.29, 1.82) is 0 Å². The first kappa shape index (κ1) is 12.0. The zero-order valence-electron chi connectivity index (χ0n) is 9.91. The molecule has 7 nitrogen and oxygen atoms in total. The Morgan fingerprint density at radius 3 is 2.89 bits per heavy atom. The van der Waals surface area contributed by atoms with Gasteiger partial charge in [0.25, 0.3) is 5.56 Å². The average molecular weight is 248 g/mol. The molecule has 2 aromatic heterocycles. The third-order valence-electron chi connectivity index (χ3n) is 2.38. The lowest BCUT2D eigenvalue weighted by Crippen LogP contribution is -2.27. The number of fused-ring (bicyclic) bond motifs is 1. The number of hydrogen-bond donors (Lipinski definition) is 2. The summed E-state index contributed by atoms with van der Waals surface area (Å²) in [6, 6.07) is 3.77. The van der Waals surface area contributed by atoms with Crippen molar-refractivity contribution in [3.8, 4) is 0 Å². The van der Waals surface area contributed by atoms with Crippen LogP contribution in [-0.4, -0.2) is 31.7 Å². The van der Waals surface area contributed by atoms with Crippen LogP contribution in [0.4, 0.5) is 5.82 Å². The smallest absolute Gasteiger partial charge is 0.325 e. The van der Waals surface area contributed by atoms with Crippen LogP contribution in [0.3, 0.4) is 0 Å². The predicted molar refractivity (Wildman–Crippen MR) is 64.7 cm³/mol. The topological polar surface area (TPSA) is 96.6 Å². The molecular formula is C11H12N4O3. The molecule has 1 unspecified atom stereocenters. The number of aromatic nitrogens is 3. The number of aryl methyl sites for hydroxylation is 1. The van der Waals surface area contributed by atoms with E-state index in [4.69, 9.17) is 5.11 Å². The molecule has 0 radical (unpaired) electrons. The summed E-state index contributed by atoms with van der Waals surface area (Å²) in [6.45, 7) is 3.21. The molecule has 0 bridgehead atoms. The molecule has 94 valence electrons. The summed E-state index contributed by atoms with van der Waals surface area (Å²) < 4.78 is 1.13. The molecule has 2 heterocycles. The van der Waals surface area contributed by atoms with E-state index >= 15 is 0 Å². The maximum Gasteiger partial charge on any atom is 0.325 e. The number of hydrogen-bond acceptors (Lipinski definition) is 5. The SMILES string of the molecule is Cc1cc(=O)n2nc(NC(C)C(=O)O)ccc2n1. The Balaban J connectivity index is 2.45. The molecule has 2 N–H and O–H groups in total. The Bertz CT molecular complexity index is 665. The fourth-order valence-corrected chi connectivity index (χ4v) is 1.48. The zero-order chi connectivity index (χ0) is 13.3. The maximum atomic E-state index is 11.7. The number of carboxylic acid groups (broad SMARTS) is 1. The minimum Gasteiger partial charge on any atom is -0.480 e. The molecule has 0 aliphatic carbocycles. The van der Waals surface area contributed by atoms with E-state index in [1.165, 1.54) is 13.0 Å². The molecule has 0 aromatic carbocycles. The van der Waals surface area contributed by atoms with Crippen LogP contribution in [0, 0.1) is 6.92 Å². The van der Waals surface area contributed by atoms with E-state index in [2.05, 4.69) is 15.4 Å². The summed E-state index contributed by atoms with van der Waals surface area (Å²) in [5.74, 6) is -0.684. The second kappa shape index (κ2) is 4.44. The van der Waals surface area contributed by atoms with E-state index in [-0.39, 0.29) is 5.56 Å². The van der Waals surface area contributed by atoms with Gasteiger partial charge in [-0.05, 0) is 26.0 Å². The van der Waals surface area contributed by atoms with Gasteiger partial charge < -0.3 is 10.4 Å². The van der Waals surface area contributed by atoms with E-state index in [9.17, 15) is 9.59 Å². The van der Waals surface area contributed by atoms with Crippen LogP contribution in [0.25, 0.3) is 5.65 Å². The summed E-state index contributed by atoms with van der Waals surface area (Å²) in [6.07, 6.45) is 0. The predicted octanol–water partition coefficient (Wildman–Crippen LogP) is 0.283. The summed E-state index contributed by atoms with van der Waals surface area (Å²) in [5.41, 5.74) is 0.735. The Hall–Kier alpha value is -2.44. The van der Waals surface area contributed by atoms with Crippen LogP contribution >= 0.6 is 0 Å². The van der Waals surface area contributed by atoms with Gasteiger partial charge in [-0.2, -0.15) is 4.52 Å². The van der Waals surface area contributed by atoms with Crippen molar-refractivity contribution in [3.05, 3.63) is 34.2 Å². The van der Waals surface area contributed by atoms with E-state index < -0.39 is 12.0 Å². The molecule has 0 aliphatic rings. The number of anilines is 1. The molecule has 0 saturated carbocycles. The number of carboxylic acids is 1. The highest BCUT2D eigenvalue weighted by Gasteiger charge is 2.11. The highest BCUT2D eigenvalue weighted by atomic mass is 16.4. The second-order valence-electron chi connectivity index (χ2n) is 3.93. The van der Waals surface area contributed by atoms with E-state index in [0.29, 0.717) is 17.2 Å². The monoisotopic (exact) mass is 248 g/mol. The fraction of sp³-hybridized carbons (Fsp3) is 0.273. The quantitative estimate of drug-likeness (QED) is 0.810. The van der Waals surface area contributed by atoms with Crippen LogP contribution in [-0.2, 0) is 4.79 Å². The largest absolute Gasteiger partial charge is 0.480 e. The molecular weight excluding hydrogens is 236 g/mol.